The van der Waals surface area contributed by atoms with E-state index in [0.29, 0.717) is 16.9 Å². The molecule has 0 saturated carbocycles. The molecule has 0 aliphatic rings. The van der Waals surface area contributed by atoms with Crippen molar-refractivity contribution in [1.82, 2.24) is 0 Å². The van der Waals surface area contributed by atoms with Gasteiger partial charge in [0.1, 0.15) is 0 Å². The fraction of sp³-hybridized carbons (Fsp3) is 0.111. The monoisotopic (exact) mass is 212 g/mol. The minimum absolute atomic E-state index is 0.396. The predicted octanol–water partition coefficient (Wildman–Crippen LogP) is 0.866. The van der Waals surface area contributed by atoms with Crippen LogP contribution < -0.4 is 11.5 Å². The molecule has 0 aliphatic heterocycles. The molecule has 0 atom stereocenters. The molecule has 0 heterocycles. The molecule has 76 valence electrons. The summed E-state index contributed by atoms with van der Waals surface area (Å²) in [6.45, 7) is 0. The second kappa shape index (κ2) is 3.71. The average Bonchev–Trinajstić information content (AvgIpc) is 2.06. The van der Waals surface area contributed by atoms with Crippen LogP contribution in [0.4, 0.5) is 11.4 Å². The van der Waals surface area contributed by atoms with Gasteiger partial charge >= 0.3 is 0 Å². The molecule has 1 aromatic carbocycles. The first-order valence-corrected chi connectivity index (χ1v) is 5.88. The van der Waals surface area contributed by atoms with Crippen LogP contribution >= 0.6 is 0 Å². The van der Waals surface area contributed by atoms with Gasteiger partial charge in [-0.2, -0.15) is 0 Å². The van der Waals surface area contributed by atoms with Gasteiger partial charge < -0.3 is 11.5 Å². The Bertz CT molecular complexity index is 464. The molecule has 0 radical (unpaired) electrons. The Hall–Kier alpha value is -1.49. The van der Waals surface area contributed by atoms with Gasteiger partial charge in [-0.3, -0.25) is 0 Å². The molecule has 1 aromatic rings. The zero-order valence-corrected chi connectivity index (χ0v) is 8.58. The predicted molar refractivity (Wildman–Crippen MR) is 59.1 cm³/mol. The highest BCUT2D eigenvalue weighted by Gasteiger charge is 1.99. The Morgan fingerprint density at radius 1 is 1.29 bits per heavy atom. The molecule has 0 fully saturated rings. The number of anilines is 2. The fourth-order valence-corrected chi connectivity index (χ4v) is 1.34. The highest BCUT2D eigenvalue weighted by molar-refractivity contribution is 7.93. The largest absolute Gasteiger partial charge is 0.397 e. The van der Waals surface area contributed by atoms with E-state index in [0.717, 1.165) is 11.7 Å². The van der Waals surface area contributed by atoms with E-state index in [-0.39, 0.29) is 0 Å². The molecule has 0 unspecified atom stereocenters. The lowest BCUT2D eigenvalue weighted by Gasteiger charge is -2.02. The van der Waals surface area contributed by atoms with Crippen LogP contribution in [0.15, 0.2) is 23.6 Å². The van der Waals surface area contributed by atoms with Crippen molar-refractivity contribution in [2.24, 2.45) is 0 Å². The van der Waals surface area contributed by atoms with E-state index in [1.165, 1.54) is 6.08 Å². The highest BCUT2D eigenvalue weighted by atomic mass is 32.2. The summed E-state index contributed by atoms with van der Waals surface area (Å²) in [4.78, 5) is 0. The maximum atomic E-state index is 10.8. The van der Waals surface area contributed by atoms with Crippen molar-refractivity contribution in [1.29, 1.82) is 0 Å². The van der Waals surface area contributed by atoms with E-state index in [1.807, 2.05) is 0 Å². The smallest absolute Gasteiger partial charge is 0.168 e. The summed E-state index contributed by atoms with van der Waals surface area (Å²) in [5.74, 6) is 0. The molecule has 0 aromatic heterocycles. The normalized spacial score (nSPS) is 12.1. The van der Waals surface area contributed by atoms with Gasteiger partial charge in [0.2, 0.25) is 0 Å². The zero-order chi connectivity index (χ0) is 10.8. The Kier molecular flexibility index (Phi) is 2.81. The quantitative estimate of drug-likeness (QED) is 0.712. The van der Waals surface area contributed by atoms with Gasteiger partial charge in [-0.1, -0.05) is 12.1 Å². The Morgan fingerprint density at radius 2 is 1.93 bits per heavy atom. The molecule has 1 rings (SSSR count). The molecular formula is C9H12N2O2S. The molecule has 5 heteroatoms. The summed E-state index contributed by atoms with van der Waals surface area (Å²) < 4.78 is 21.7. The van der Waals surface area contributed by atoms with Crippen LogP contribution in [0.2, 0.25) is 0 Å². The first kappa shape index (κ1) is 10.6. The number of rotatable bonds is 2. The third-order valence-electron chi connectivity index (χ3n) is 1.67. The first-order chi connectivity index (χ1) is 6.40. The van der Waals surface area contributed by atoms with E-state index in [4.69, 9.17) is 11.5 Å². The molecule has 0 aliphatic carbocycles. The summed E-state index contributed by atoms with van der Waals surface area (Å²) >= 11 is 0. The molecular weight excluding hydrogens is 200 g/mol. The van der Waals surface area contributed by atoms with Gasteiger partial charge in [-0.05, 0) is 12.1 Å². The molecule has 4 nitrogen and oxygen atoms in total. The number of para-hydroxylation sites is 1. The first-order valence-electron chi connectivity index (χ1n) is 3.92. The number of nitrogens with two attached hydrogens (primary N) is 2. The second-order valence-corrected chi connectivity index (χ2v) is 4.91. The minimum Gasteiger partial charge on any atom is -0.397 e. The second-order valence-electron chi connectivity index (χ2n) is 2.98. The van der Waals surface area contributed by atoms with Crippen LogP contribution in [0.25, 0.3) is 6.08 Å². The van der Waals surface area contributed by atoms with Crippen molar-refractivity contribution in [3.05, 3.63) is 29.2 Å². The molecule has 4 N–H and O–H groups in total. The van der Waals surface area contributed by atoms with Gasteiger partial charge in [0, 0.05) is 17.2 Å². The SMILES string of the molecule is CS(=O)(=O)/C=C\c1cccc(N)c1N. The fourth-order valence-electron chi connectivity index (χ4n) is 0.944. The average molecular weight is 212 g/mol. The third kappa shape index (κ3) is 2.77. The van der Waals surface area contributed by atoms with Crippen molar-refractivity contribution in [2.45, 2.75) is 0 Å². The lowest BCUT2D eigenvalue weighted by Crippen LogP contribution is -1.97. The minimum atomic E-state index is -3.13. The van der Waals surface area contributed by atoms with Crippen LogP contribution in [-0.2, 0) is 9.84 Å². The van der Waals surface area contributed by atoms with Gasteiger partial charge in [0.15, 0.2) is 9.84 Å². The number of nitrogen functional groups attached to an aromatic ring is 2. The third-order valence-corrected chi connectivity index (χ3v) is 2.30. The molecule has 0 saturated heterocycles. The van der Waals surface area contributed by atoms with E-state index in [1.54, 1.807) is 18.2 Å². The number of hydrogen-bond acceptors (Lipinski definition) is 4. The Morgan fingerprint density at radius 3 is 2.50 bits per heavy atom. The van der Waals surface area contributed by atoms with Gasteiger partial charge in [0.25, 0.3) is 0 Å². The standard InChI is InChI=1S/C9H12N2O2S/c1-14(12,13)6-5-7-3-2-4-8(10)9(7)11/h2-6H,10-11H2,1H3/b6-5-. The molecule has 0 spiro atoms. The van der Waals surface area contributed by atoms with Crippen molar-refractivity contribution >= 4 is 27.3 Å². The topological polar surface area (TPSA) is 86.2 Å². The maximum absolute atomic E-state index is 10.8. The lowest BCUT2D eigenvalue weighted by atomic mass is 10.1. The van der Waals surface area contributed by atoms with Gasteiger partial charge in [-0.15, -0.1) is 0 Å². The van der Waals surface area contributed by atoms with Crippen molar-refractivity contribution in [3.63, 3.8) is 0 Å². The van der Waals surface area contributed by atoms with E-state index in [2.05, 4.69) is 0 Å². The van der Waals surface area contributed by atoms with E-state index >= 15 is 0 Å². The summed E-state index contributed by atoms with van der Waals surface area (Å²) in [6.07, 6.45) is 2.55. The molecule has 14 heavy (non-hydrogen) atoms. The highest BCUT2D eigenvalue weighted by Crippen LogP contribution is 2.20. The van der Waals surface area contributed by atoms with Crippen LogP contribution in [0.3, 0.4) is 0 Å². The number of hydrogen-bond donors (Lipinski definition) is 2. The van der Waals surface area contributed by atoms with Crippen LogP contribution in [0.1, 0.15) is 5.56 Å². The van der Waals surface area contributed by atoms with Crippen LogP contribution in [0.5, 0.6) is 0 Å². The van der Waals surface area contributed by atoms with Gasteiger partial charge in [0.05, 0.1) is 11.4 Å². The molecule has 0 bridgehead atoms. The van der Waals surface area contributed by atoms with E-state index in [9.17, 15) is 8.42 Å². The van der Waals surface area contributed by atoms with Gasteiger partial charge in [-0.25, -0.2) is 8.42 Å². The zero-order valence-electron chi connectivity index (χ0n) is 7.77. The van der Waals surface area contributed by atoms with Crippen molar-refractivity contribution < 1.29 is 8.42 Å². The summed E-state index contributed by atoms with van der Waals surface area (Å²) in [5.41, 5.74) is 12.6. The summed E-state index contributed by atoms with van der Waals surface area (Å²) in [5, 5.41) is 1.10. The lowest BCUT2D eigenvalue weighted by molar-refractivity contribution is 0.610. The number of benzene rings is 1. The van der Waals surface area contributed by atoms with Crippen LogP contribution in [0, 0.1) is 0 Å². The molecule has 0 amide bonds. The van der Waals surface area contributed by atoms with Crippen LogP contribution in [-0.4, -0.2) is 14.7 Å². The Balaban J connectivity index is 3.11. The maximum Gasteiger partial charge on any atom is 0.168 e. The van der Waals surface area contributed by atoms with Crippen molar-refractivity contribution in [3.8, 4) is 0 Å². The summed E-state index contributed by atoms with van der Waals surface area (Å²) in [7, 11) is -3.13. The summed E-state index contributed by atoms with van der Waals surface area (Å²) in [6, 6.07) is 5.08. The van der Waals surface area contributed by atoms with Crippen molar-refractivity contribution in [2.75, 3.05) is 17.7 Å². The Labute approximate surface area is 83.1 Å². The van der Waals surface area contributed by atoms with E-state index < -0.39 is 9.84 Å². The number of sulfone groups is 1.